The summed E-state index contributed by atoms with van der Waals surface area (Å²) in [4.78, 5) is 42.1. The summed E-state index contributed by atoms with van der Waals surface area (Å²) in [6, 6.07) is 4.33. The molecule has 0 aromatic heterocycles. The number of hydrogen-bond donors (Lipinski definition) is 1. The maximum atomic E-state index is 17.5. The number of allylic oxidation sites excluding steroid dienone is 14. The number of hydrogen-bond acceptors (Lipinski definition) is 4. The lowest BCUT2D eigenvalue weighted by atomic mass is 9.72. The summed E-state index contributed by atoms with van der Waals surface area (Å²) in [7, 11) is 1.96. The van der Waals surface area contributed by atoms with E-state index in [0.717, 1.165) is 33.6 Å². The van der Waals surface area contributed by atoms with Gasteiger partial charge in [0.2, 0.25) is 5.91 Å². The highest BCUT2D eigenvalue weighted by Crippen LogP contribution is 2.46. The normalized spacial score (nSPS) is 26.3. The quantitative estimate of drug-likeness (QED) is 0.232. The van der Waals surface area contributed by atoms with Crippen LogP contribution in [-0.2, 0) is 14.4 Å². The fourth-order valence-electron chi connectivity index (χ4n) is 8.64. The number of carbonyl (C=O) groups is 3. The number of Topliss-reactive ketones (excluding diaryl/α,β-unsaturated/α-hetero) is 1. The molecule has 3 aliphatic carbocycles. The summed E-state index contributed by atoms with van der Waals surface area (Å²) in [5.41, 5.74) is 13.0. The molecule has 0 spiro atoms. The van der Waals surface area contributed by atoms with Gasteiger partial charge in [0.1, 0.15) is 11.6 Å². The SMILES string of the molecule is C=CC(=O)/C1=C\C[C@H](C)CC(C(=C(\C)C(C)=O)/C2=C3/CC=C=C(C(F)=C2)c2c(F)cccc2NC(=O)CCN(C)C2=CC=C=CC(C(C)C)=C2C3C)C[C@@H](C)C1. The van der Waals surface area contributed by atoms with E-state index in [0.29, 0.717) is 49.8 Å². The number of amides is 1. The van der Waals surface area contributed by atoms with E-state index >= 15 is 8.78 Å². The van der Waals surface area contributed by atoms with Crippen molar-refractivity contribution in [3.8, 4) is 0 Å². The Labute approximate surface area is 332 Å². The predicted octanol–water partition coefficient (Wildman–Crippen LogP) is 11.4. The third-order valence-electron chi connectivity index (χ3n) is 11.6. The third-order valence-corrected chi connectivity index (χ3v) is 11.6. The summed E-state index contributed by atoms with van der Waals surface area (Å²) in [5, 5.41) is 2.86. The number of likely N-dealkylation sites (N-methyl/N-ethyl adjacent to an activating group) is 1. The zero-order valence-corrected chi connectivity index (χ0v) is 34.2. The molecule has 56 heavy (non-hydrogen) atoms. The number of halogens is 2. The van der Waals surface area contributed by atoms with E-state index in [-0.39, 0.29) is 70.3 Å². The molecule has 2 unspecified atom stereocenters. The van der Waals surface area contributed by atoms with E-state index in [1.165, 1.54) is 24.3 Å². The summed E-state index contributed by atoms with van der Waals surface area (Å²) < 4.78 is 33.4. The molecule has 4 atom stereocenters. The molecule has 6 rings (SSSR count). The minimum Gasteiger partial charge on any atom is -0.374 e. The van der Waals surface area contributed by atoms with Crippen LogP contribution >= 0.6 is 0 Å². The fraction of sp³-hybridized carbons (Fsp3) is 0.408. The monoisotopic (exact) mass is 758 g/mol. The first kappa shape index (κ1) is 42.1. The van der Waals surface area contributed by atoms with Crippen molar-refractivity contribution >= 4 is 28.7 Å². The molecule has 7 heteroatoms. The standard InChI is InChI=1S/C49H56F2N2O3/c1-10-45(55)35-22-21-30(4)25-36(27-31(5)26-35)47(32(6)34(8)54)40-28-42(51)39-17-13-16-38(40)33(7)48-37(29(2)3)15-11-12-20-44(48)53(9)24-23-46(56)52-43-19-14-18-41(50)49(39)43/h10,12-15,18-20,22,28-31,33,36H,1,16,21,23-27H2,2-9H3,(H,52,56)/b35-22-,40-38-,42-28?,47-32-/t17?,30-,31-,33?,36?/m0/s1. The minimum absolute atomic E-state index is 0.0668. The van der Waals surface area contributed by atoms with Crippen molar-refractivity contribution in [3.05, 3.63) is 141 Å². The molecule has 2 bridgehead atoms. The molecule has 0 saturated heterocycles. The predicted molar refractivity (Wildman–Crippen MR) is 223 cm³/mol. The molecular weight excluding hydrogens is 703 g/mol. The number of ketones is 2. The van der Waals surface area contributed by atoms with Crippen LogP contribution in [0.3, 0.4) is 0 Å². The van der Waals surface area contributed by atoms with Gasteiger partial charge in [0.25, 0.3) is 0 Å². The lowest BCUT2D eigenvalue weighted by Crippen LogP contribution is -2.28. The Kier molecular flexibility index (Phi) is 13.7. The fourth-order valence-corrected chi connectivity index (χ4v) is 8.64. The molecule has 1 N–H and O–H groups in total. The van der Waals surface area contributed by atoms with Crippen LogP contribution in [0.1, 0.15) is 92.6 Å². The van der Waals surface area contributed by atoms with Gasteiger partial charge in [-0.2, -0.15) is 0 Å². The highest BCUT2D eigenvalue weighted by molar-refractivity contribution is 6.03. The van der Waals surface area contributed by atoms with Crippen molar-refractivity contribution < 1.29 is 23.2 Å². The van der Waals surface area contributed by atoms with E-state index in [2.05, 4.69) is 62.9 Å². The van der Waals surface area contributed by atoms with Crippen LogP contribution in [-0.4, -0.2) is 36.0 Å². The Morgan fingerprint density at radius 3 is 2.52 bits per heavy atom. The van der Waals surface area contributed by atoms with Crippen molar-refractivity contribution in [1.29, 1.82) is 0 Å². The molecule has 1 amide bonds. The van der Waals surface area contributed by atoms with Crippen LogP contribution in [0.2, 0.25) is 0 Å². The average molecular weight is 759 g/mol. The van der Waals surface area contributed by atoms with Crippen LogP contribution in [0.4, 0.5) is 14.5 Å². The lowest BCUT2D eigenvalue weighted by molar-refractivity contribution is -0.116. The molecule has 294 valence electrons. The first-order valence-corrected chi connectivity index (χ1v) is 19.9. The van der Waals surface area contributed by atoms with E-state index < -0.39 is 11.6 Å². The molecule has 2 aliphatic heterocycles. The molecule has 5 nitrogen and oxygen atoms in total. The van der Waals surface area contributed by atoms with E-state index in [4.69, 9.17) is 0 Å². The van der Waals surface area contributed by atoms with E-state index in [1.807, 2.05) is 38.3 Å². The van der Waals surface area contributed by atoms with Gasteiger partial charge >= 0.3 is 0 Å². The van der Waals surface area contributed by atoms with Gasteiger partial charge < -0.3 is 10.2 Å². The second kappa shape index (κ2) is 18.2. The van der Waals surface area contributed by atoms with Gasteiger partial charge in [0, 0.05) is 31.6 Å². The Morgan fingerprint density at radius 1 is 1.09 bits per heavy atom. The molecule has 1 aromatic carbocycles. The van der Waals surface area contributed by atoms with Crippen molar-refractivity contribution in [2.75, 3.05) is 18.9 Å². The molecule has 0 fully saturated rings. The van der Waals surface area contributed by atoms with E-state index in [1.54, 1.807) is 19.1 Å². The van der Waals surface area contributed by atoms with Gasteiger partial charge in [-0.1, -0.05) is 58.9 Å². The minimum atomic E-state index is -0.719. The van der Waals surface area contributed by atoms with Gasteiger partial charge in [-0.05, 0) is 152 Å². The lowest BCUT2D eigenvalue weighted by Gasteiger charge is -2.34. The molecule has 1 aromatic rings. The number of fused-ring (bicyclic) bond motifs is 6. The van der Waals surface area contributed by atoms with Crippen LogP contribution in [0, 0.1) is 35.4 Å². The van der Waals surface area contributed by atoms with Crippen molar-refractivity contribution in [2.24, 2.45) is 29.6 Å². The van der Waals surface area contributed by atoms with Gasteiger partial charge in [-0.15, -0.1) is 11.5 Å². The Morgan fingerprint density at radius 2 is 1.82 bits per heavy atom. The van der Waals surface area contributed by atoms with Crippen LogP contribution in [0.5, 0.6) is 0 Å². The smallest absolute Gasteiger partial charge is 0.226 e. The van der Waals surface area contributed by atoms with Crippen LogP contribution in [0.15, 0.2) is 129 Å². The van der Waals surface area contributed by atoms with Crippen molar-refractivity contribution in [1.82, 2.24) is 4.90 Å². The largest absolute Gasteiger partial charge is 0.374 e. The Hall–Kier alpha value is -5.09. The number of carbonyl (C=O) groups excluding carboxylic acids is 3. The van der Waals surface area contributed by atoms with Crippen LogP contribution < -0.4 is 5.32 Å². The average Bonchev–Trinajstić information content (AvgIpc) is 3.34. The number of rotatable bonds is 6. The number of benzene rings is 1. The molecule has 2 heterocycles. The van der Waals surface area contributed by atoms with Gasteiger partial charge in [0.05, 0.1) is 16.8 Å². The summed E-state index contributed by atoms with van der Waals surface area (Å²) in [5.74, 6) is -2.07. The number of nitrogens with one attached hydrogen (secondary N) is 1. The second-order valence-corrected chi connectivity index (χ2v) is 16.2. The Balaban J connectivity index is 1.87. The highest BCUT2D eigenvalue weighted by Gasteiger charge is 2.33. The highest BCUT2D eigenvalue weighted by atomic mass is 19.1. The molecule has 0 radical (unpaired) electrons. The second-order valence-electron chi connectivity index (χ2n) is 16.2. The summed E-state index contributed by atoms with van der Waals surface area (Å²) in [6.45, 7) is 18.2. The first-order chi connectivity index (χ1) is 26.6. The maximum Gasteiger partial charge on any atom is 0.226 e. The number of nitrogens with zero attached hydrogens (tertiary/aromatic N) is 1. The summed E-state index contributed by atoms with van der Waals surface area (Å²) in [6.07, 6.45) is 15.6. The van der Waals surface area contributed by atoms with Gasteiger partial charge in [-0.25, -0.2) is 8.78 Å². The van der Waals surface area contributed by atoms with Gasteiger partial charge in [-0.3, -0.25) is 14.4 Å². The third kappa shape index (κ3) is 9.29. The zero-order chi connectivity index (χ0) is 40.8. The van der Waals surface area contributed by atoms with Crippen molar-refractivity contribution in [2.45, 2.75) is 87.0 Å². The number of anilines is 1. The maximum absolute atomic E-state index is 17.5. The molecular formula is C49H56F2N2O3. The topological polar surface area (TPSA) is 66.5 Å². The molecule has 0 saturated carbocycles. The van der Waals surface area contributed by atoms with Crippen molar-refractivity contribution in [3.63, 3.8) is 0 Å². The first-order valence-electron chi connectivity index (χ1n) is 19.9. The van der Waals surface area contributed by atoms with E-state index in [9.17, 15) is 14.4 Å². The summed E-state index contributed by atoms with van der Waals surface area (Å²) >= 11 is 0. The van der Waals surface area contributed by atoms with Crippen LogP contribution in [0.25, 0.3) is 5.57 Å². The van der Waals surface area contributed by atoms with Gasteiger partial charge in [0.15, 0.2) is 11.6 Å². The molecule has 5 aliphatic rings. The zero-order valence-electron chi connectivity index (χ0n) is 34.2. The Bertz CT molecular complexity index is 2140.